The minimum absolute atomic E-state index is 0.0500. The molecule has 6 heteroatoms. The summed E-state index contributed by atoms with van der Waals surface area (Å²) in [5.41, 5.74) is 2.98. The van der Waals surface area contributed by atoms with E-state index in [2.05, 4.69) is 26.2 Å². The fourth-order valence-corrected chi connectivity index (χ4v) is 4.81. The SMILES string of the molecule is O=C(NCc1ccccc1)c1c(/N=C\c2ccc(Br)o2)sc2c1CCCC2. The minimum atomic E-state index is -0.0500. The predicted octanol–water partition coefficient (Wildman–Crippen LogP) is 5.66. The van der Waals surface area contributed by atoms with Crippen molar-refractivity contribution in [1.29, 1.82) is 0 Å². The van der Waals surface area contributed by atoms with Gasteiger partial charge in [-0.15, -0.1) is 11.3 Å². The van der Waals surface area contributed by atoms with Crippen LogP contribution in [0.4, 0.5) is 5.00 Å². The largest absolute Gasteiger partial charge is 0.448 e. The van der Waals surface area contributed by atoms with Crippen LogP contribution < -0.4 is 5.32 Å². The van der Waals surface area contributed by atoms with E-state index in [1.54, 1.807) is 17.6 Å². The lowest BCUT2D eigenvalue weighted by atomic mass is 9.95. The quantitative estimate of drug-likeness (QED) is 0.517. The molecule has 0 fully saturated rings. The van der Waals surface area contributed by atoms with Crippen molar-refractivity contribution in [2.24, 2.45) is 4.99 Å². The van der Waals surface area contributed by atoms with Gasteiger partial charge in [0.05, 0.1) is 11.8 Å². The molecule has 1 aliphatic carbocycles. The van der Waals surface area contributed by atoms with Gasteiger partial charge in [0.2, 0.25) is 0 Å². The van der Waals surface area contributed by atoms with Crippen molar-refractivity contribution in [2.75, 3.05) is 0 Å². The van der Waals surface area contributed by atoms with Crippen molar-refractivity contribution < 1.29 is 9.21 Å². The number of aryl methyl sites for hydroxylation is 1. The molecule has 0 saturated carbocycles. The Morgan fingerprint density at radius 2 is 2.00 bits per heavy atom. The van der Waals surface area contributed by atoms with E-state index >= 15 is 0 Å². The van der Waals surface area contributed by atoms with E-state index in [-0.39, 0.29) is 5.91 Å². The Labute approximate surface area is 170 Å². The fraction of sp³-hybridized carbons (Fsp3) is 0.238. The third kappa shape index (κ3) is 4.22. The number of hydrogen-bond acceptors (Lipinski definition) is 4. The lowest BCUT2D eigenvalue weighted by Crippen LogP contribution is -2.24. The summed E-state index contributed by atoms with van der Waals surface area (Å²) >= 11 is 4.92. The molecule has 0 spiro atoms. The molecule has 0 bridgehead atoms. The predicted molar refractivity (Wildman–Crippen MR) is 112 cm³/mol. The number of thiophene rings is 1. The zero-order chi connectivity index (χ0) is 18.6. The Kier molecular flexibility index (Phi) is 5.55. The highest BCUT2D eigenvalue weighted by Crippen LogP contribution is 2.39. The first-order chi connectivity index (χ1) is 13.2. The first-order valence-corrected chi connectivity index (χ1v) is 10.6. The second-order valence-corrected chi connectivity index (χ2v) is 8.32. The van der Waals surface area contributed by atoms with Gasteiger partial charge in [0, 0.05) is 11.4 Å². The molecule has 1 aliphatic rings. The second-order valence-electron chi connectivity index (χ2n) is 6.46. The number of carbonyl (C=O) groups is 1. The number of nitrogens with one attached hydrogen (secondary N) is 1. The summed E-state index contributed by atoms with van der Waals surface area (Å²) in [6.07, 6.45) is 5.95. The average Bonchev–Trinajstić information content (AvgIpc) is 3.28. The maximum atomic E-state index is 13.0. The highest BCUT2D eigenvalue weighted by molar-refractivity contribution is 9.10. The molecule has 0 radical (unpaired) electrons. The summed E-state index contributed by atoms with van der Waals surface area (Å²) in [4.78, 5) is 18.9. The van der Waals surface area contributed by atoms with Crippen molar-refractivity contribution >= 4 is 44.4 Å². The van der Waals surface area contributed by atoms with Crippen molar-refractivity contribution in [3.05, 3.63) is 74.5 Å². The number of carbonyl (C=O) groups excluding carboxylic acids is 1. The standard InChI is InChI=1S/C21H19BrN2O2S/c22-18-11-10-15(26-18)13-24-21-19(16-8-4-5-9-17(16)27-21)20(25)23-12-14-6-2-1-3-7-14/h1-3,6-7,10-11,13H,4-5,8-9,12H2,(H,23,25)/b24-13-. The number of furan rings is 1. The van der Waals surface area contributed by atoms with Gasteiger partial charge in [0.25, 0.3) is 5.91 Å². The molecule has 0 unspecified atom stereocenters. The van der Waals surface area contributed by atoms with Crippen LogP contribution in [0.25, 0.3) is 0 Å². The molecule has 3 aromatic rings. The maximum Gasteiger partial charge on any atom is 0.254 e. The number of benzene rings is 1. The van der Waals surface area contributed by atoms with Crippen LogP contribution in [-0.2, 0) is 19.4 Å². The van der Waals surface area contributed by atoms with Gasteiger partial charge in [0.15, 0.2) is 4.67 Å². The molecule has 1 N–H and O–H groups in total. The summed E-state index contributed by atoms with van der Waals surface area (Å²) in [5.74, 6) is 0.606. The highest BCUT2D eigenvalue weighted by atomic mass is 79.9. The van der Waals surface area contributed by atoms with E-state index in [4.69, 9.17) is 4.42 Å². The van der Waals surface area contributed by atoms with Gasteiger partial charge in [0.1, 0.15) is 10.8 Å². The van der Waals surface area contributed by atoms with Gasteiger partial charge < -0.3 is 9.73 Å². The summed E-state index contributed by atoms with van der Waals surface area (Å²) in [6.45, 7) is 0.512. The van der Waals surface area contributed by atoms with Crippen LogP contribution in [0.15, 0.2) is 56.5 Å². The molecule has 1 amide bonds. The van der Waals surface area contributed by atoms with Gasteiger partial charge in [-0.3, -0.25) is 4.79 Å². The molecule has 27 heavy (non-hydrogen) atoms. The first kappa shape index (κ1) is 18.2. The smallest absolute Gasteiger partial charge is 0.254 e. The minimum Gasteiger partial charge on any atom is -0.448 e. The number of amides is 1. The first-order valence-electron chi connectivity index (χ1n) is 8.97. The van der Waals surface area contributed by atoms with E-state index in [9.17, 15) is 4.79 Å². The lowest BCUT2D eigenvalue weighted by Gasteiger charge is -2.12. The Morgan fingerprint density at radius 3 is 2.78 bits per heavy atom. The zero-order valence-electron chi connectivity index (χ0n) is 14.7. The summed E-state index contributed by atoms with van der Waals surface area (Å²) in [6, 6.07) is 13.6. The highest BCUT2D eigenvalue weighted by Gasteiger charge is 2.25. The second kappa shape index (κ2) is 8.23. The van der Waals surface area contributed by atoms with Crippen LogP contribution in [0.5, 0.6) is 0 Å². The number of rotatable bonds is 5. The number of nitrogens with zero attached hydrogens (tertiary/aromatic N) is 1. The van der Waals surface area contributed by atoms with Crippen molar-refractivity contribution in [1.82, 2.24) is 5.32 Å². The normalized spacial score (nSPS) is 13.7. The van der Waals surface area contributed by atoms with Crippen molar-refractivity contribution in [3.8, 4) is 0 Å². The topological polar surface area (TPSA) is 54.6 Å². The Morgan fingerprint density at radius 1 is 1.19 bits per heavy atom. The molecule has 2 aromatic heterocycles. The molecule has 1 aromatic carbocycles. The number of hydrogen-bond donors (Lipinski definition) is 1. The fourth-order valence-electron chi connectivity index (χ4n) is 3.26. The van der Waals surface area contributed by atoms with Crippen LogP contribution in [0.1, 0.15) is 45.0 Å². The van der Waals surface area contributed by atoms with E-state index in [1.165, 1.54) is 16.9 Å². The van der Waals surface area contributed by atoms with Gasteiger partial charge in [-0.05, 0) is 64.9 Å². The molecule has 2 heterocycles. The summed E-state index contributed by atoms with van der Waals surface area (Å²) < 4.78 is 6.15. The molecule has 0 atom stereocenters. The van der Waals surface area contributed by atoms with Crippen molar-refractivity contribution in [2.45, 2.75) is 32.2 Å². The van der Waals surface area contributed by atoms with Crippen molar-refractivity contribution in [3.63, 3.8) is 0 Å². The molecular weight excluding hydrogens is 424 g/mol. The molecule has 0 aliphatic heterocycles. The Balaban J connectivity index is 1.60. The lowest BCUT2D eigenvalue weighted by molar-refractivity contribution is 0.0951. The average molecular weight is 443 g/mol. The van der Waals surface area contributed by atoms with E-state index < -0.39 is 0 Å². The van der Waals surface area contributed by atoms with Crippen LogP contribution in [0.3, 0.4) is 0 Å². The van der Waals surface area contributed by atoms with E-state index in [0.29, 0.717) is 17.0 Å². The maximum absolute atomic E-state index is 13.0. The monoisotopic (exact) mass is 442 g/mol. The number of fused-ring (bicyclic) bond motifs is 1. The third-order valence-electron chi connectivity index (χ3n) is 4.58. The molecule has 138 valence electrons. The van der Waals surface area contributed by atoms with E-state index in [1.807, 2.05) is 42.5 Å². The van der Waals surface area contributed by atoms with Crippen LogP contribution in [0.2, 0.25) is 0 Å². The van der Waals surface area contributed by atoms with Gasteiger partial charge in [-0.1, -0.05) is 30.3 Å². The molecular formula is C21H19BrN2O2S. The van der Waals surface area contributed by atoms with Gasteiger partial charge >= 0.3 is 0 Å². The molecule has 0 saturated heterocycles. The van der Waals surface area contributed by atoms with Gasteiger partial charge in [-0.2, -0.15) is 0 Å². The summed E-state index contributed by atoms with van der Waals surface area (Å²) in [5, 5.41) is 3.82. The molecule has 4 rings (SSSR count). The zero-order valence-corrected chi connectivity index (χ0v) is 17.1. The third-order valence-corrected chi connectivity index (χ3v) is 6.20. The van der Waals surface area contributed by atoms with Crippen LogP contribution in [0, 0.1) is 0 Å². The summed E-state index contributed by atoms with van der Waals surface area (Å²) in [7, 11) is 0. The Bertz CT molecular complexity index is 975. The van der Waals surface area contributed by atoms with Gasteiger partial charge in [-0.25, -0.2) is 4.99 Å². The van der Waals surface area contributed by atoms with E-state index in [0.717, 1.165) is 35.4 Å². The Hall–Kier alpha value is -2.18. The number of halogens is 1. The van der Waals surface area contributed by atoms with Crippen LogP contribution in [-0.4, -0.2) is 12.1 Å². The number of aliphatic imine (C=N–C) groups is 1. The van der Waals surface area contributed by atoms with Crippen LogP contribution >= 0.6 is 27.3 Å². The molecule has 4 nitrogen and oxygen atoms in total.